The summed E-state index contributed by atoms with van der Waals surface area (Å²) in [5, 5.41) is 0. The Kier molecular flexibility index (Phi) is 8.23. The summed E-state index contributed by atoms with van der Waals surface area (Å²) in [4.78, 5) is 22.7. The van der Waals surface area contributed by atoms with E-state index in [9.17, 15) is 9.59 Å². The van der Waals surface area contributed by atoms with Crippen LogP contribution in [-0.4, -0.2) is 57.7 Å². The monoisotopic (exact) mass is 338 g/mol. The van der Waals surface area contributed by atoms with Gasteiger partial charge in [0.1, 0.15) is 25.7 Å². The van der Waals surface area contributed by atoms with Gasteiger partial charge in [0, 0.05) is 0 Å². The minimum atomic E-state index is -0.624. The van der Waals surface area contributed by atoms with Gasteiger partial charge in [0.25, 0.3) is 0 Å². The lowest BCUT2D eigenvalue weighted by molar-refractivity contribution is -0.155. The highest BCUT2D eigenvalue weighted by Crippen LogP contribution is 2.04. The summed E-state index contributed by atoms with van der Waals surface area (Å²) in [5.41, 5.74) is 1.07. The summed E-state index contributed by atoms with van der Waals surface area (Å²) in [5.74, 6) is -1.24. The van der Waals surface area contributed by atoms with Crippen molar-refractivity contribution in [3.63, 3.8) is 0 Å². The van der Waals surface area contributed by atoms with E-state index < -0.39 is 18.4 Å². The molecule has 7 nitrogen and oxygen atoms in total. The topological polar surface area (TPSA) is 80.3 Å². The quantitative estimate of drug-likeness (QED) is 0.600. The highest BCUT2D eigenvalue weighted by atomic mass is 16.6. The van der Waals surface area contributed by atoms with Gasteiger partial charge in [0.05, 0.1) is 33.0 Å². The molecule has 0 spiro atoms. The van der Waals surface area contributed by atoms with Crippen molar-refractivity contribution in [3.05, 3.63) is 35.9 Å². The van der Waals surface area contributed by atoms with Crippen LogP contribution in [0.2, 0.25) is 0 Å². The van der Waals surface area contributed by atoms with E-state index in [4.69, 9.17) is 23.7 Å². The Hall–Kier alpha value is -1.96. The molecule has 0 aliphatic carbocycles. The predicted molar refractivity (Wildman–Crippen MR) is 83.2 cm³/mol. The van der Waals surface area contributed by atoms with E-state index in [-0.39, 0.29) is 32.5 Å². The van der Waals surface area contributed by atoms with Crippen LogP contribution in [0, 0.1) is 0 Å². The molecule has 0 N–H and O–H groups in total. The smallest absolute Gasteiger partial charge is 0.317 e. The highest BCUT2D eigenvalue weighted by molar-refractivity contribution is 5.91. The second-order valence-corrected chi connectivity index (χ2v) is 5.19. The molecular formula is C17H22O7. The molecule has 2 rings (SSSR count). The number of carbonyl (C=O) groups excluding carboxylic acids is 2. The van der Waals surface area contributed by atoms with Gasteiger partial charge in [0.2, 0.25) is 0 Å². The van der Waals surface area contributed by atoms with Crippen LogP contribution in [0.3, 0.4) is 0 Å². The number of ether oxygens (including phenoxy) is 5. The second-order valence-electron chi connectivity index (χ2n) is 5.19. The van der Waals surface area contributed by atoms with Crippen LogP contribution in [0.15, 0.2) is 30.3 Å². The molecule has 1 aliphatic rings. The van der Waals surface area contributed by atoms with Gasteiger partial charge >= 0.3 is 11.9 Å². The average molecular weight is 338 g/mol. The minimum Gasteiger partial charge on any atom is -0.463 e. The van der Waals surface area contributed by atoms with Crippen molar-refractivity contribution in [1.82, 2.24) is 0 Å². The molecular weight excluding hydrogens is 316 g/mol. The molecule has 1 aromatic rings. The molecule has 1 heterocycles. The first-order chi connectivity index (χ1) is 11.7. The van der Waals surface area contributed by atoms with Crippen molar-refractivity contribution >= 4 is 11.9 Å². The van der Waals surface area contributed by atoms with Crippen LogP contribution < -0.4 is 0 Å². The second kappa shape index (κ2) is 10.7. The fraction of sp³-hybridized carbons (Fsp3) is 0.529. The molecule has 0 aromatic heterocycles. The molecule has 0 saturated carbocycles. The van der Waals surface area contributed by atoms with Crippen molar-refractivity contribution < 1.29 is 33.3 Å². The number of hydrogen-bond acceptors (Lipinski definition) is 7. The minimum absolute atomic E-state index is 0.0707. The van der Waals surface area contributed by atoms with E-state index in [1.807, 2.05) is 30.3 Å². The van der Waals surface area contributed by atoms with E-state index in [1.165, 1.54) is 0 Å². The summed E-state index contributed by atoms with van der Waals surface area (Å²) in [6.07, 6.45) is -0.687. The number of rotatable bonds is 4. The Labute approximate surface area is 140 Å². The maximum Gasteiger partial charge on any atom is 0.317 e. The van der Waals surface area contributed by atoms with Crippen LogP contribution in [0.25, 0.3) is 0 Å². The van der Waals surface area contributed by atoms with Crippen LogP contribution in [0.1, 0.15) is 12.0 Å². The van der Waals surface area contributed by atoms with Crippen LogP contribution >= 0.6 is 0 Å². The first-order valence-corrected chi connectivity index (χ1v) is 7.86. The molecule has 1 aromatic carbocycles. The normalized spacial score (nSPS) is 20.9. The van der Waals surface area contributed by atoms with Crippen molar-refractivity contribution in [2.75, 3.05) is 39.6 Å². The molecule has 7 heteroatoms. The van der Waals surface area contributed by atoms with Gasteiger partial charge in [-0.1, -0.05) is 30.3 Å². The van der Waals surface area contributed by atoms with E-state index >= 15 is 0 Å². The number of cyclic esters (lactones) is 2. The number of benzene rings is 1. The third kappa shape index (κ3) is 7.54. The zero-order valence-corrected chi connectivity index (χ0v) is 13.5. The van der Waals surface area contributed by atoms with E-state index in [1.54, 1.807) is 0 Å². The SMILES string of the molecule is O=C1CC(=O)OCCOC(COCc2ccccc2)COCCO1. The fourth-order valence-electron chi connectivity index (χ4n) is 2.05. The maximum absolute atomic E-state index is 11.4. The van der Waals surface area contributed by atoms with Gasteiger partial charge in [-0.15, -0.1) is 0 Å². The third-order valence-corrected chi connectivity index (χ3v) is 3.20. The average Bonchev–Trinajstić information content (AvgIpc) is 2.59. The van der Waals surface area contributed by atoms with E-state index in [0.717, 1.165) is 5.56 Å². The lowest BCUT2D eigenvalue weighted by Crippen LogP contribution is -2.28. The Morgan fingerprint density at radius 1 is 0.958 bits per heavy atom. The fourth-order valence-corrected chi connectivity index (χ4v) is 2.05. The first kappa shape index (κ1) is 18.4. The lowest BCUT2D eigenvalue weighted by Gasteiger charge is -2.18. The van der Waals surface area contributed by atoms with Gasteiger partial charge in [-0.05, 0) is 5.56 Å². The van der Waals surface area contributed by atoms with Gasteiger partial charge < -0.3 is 23.7 Å². The van der Waals surface area contributed by atoms with Gasteiger partial charge in [-0.2, -0.15) is 0 Å². The van der Waals surface area contributed by atoms with Crippen molar-refractivity contribution in [2.24, 2.45) is 0 Å². The van der Waals surface area contributed by atoms with Gasteiger partial charge in [-0.3, -0.25) is 9.59 Å². The standard InChI is InChI=1S/C17H22O7/c18-16-10-17(19)24-9-8-22-15(12-20-6-7-23-16)13-21-11-14-4-2-1-3-5-14/h1-5,15H,6-13H2. The molecule has 0 amide bonds. The summed E-state index contributed by atoms with van der Waals surface area (Å²) in [6, 6.07) is 9.81. The maximum atomic E-state index is 11.4. The highest BCUT2D eigenvalue weighted by Gasteiger charge is 2.15. The van der Waals surface area contributed by atoms with Crippen molar-refractivity contribution in [1.29, 1.82) is 0 Å². The number of hydrogen-bond donors (Lipinski definition) is 0. The molecule has 1 unspecified atom stereocenters. The van der Waals surface area contributed by atoms with Crippen LogP contribution in [0.4, 0.5) is 0 Å². The Morgan fingerprint density at radius 2 is 1.67 bits per heavy atom. The summed E-state index contributed by atoms with van der Waals surface area (Å²) in [7, 11) is 0. The summed E-state index contributed by atoms with van der Waals surface area (Å²) in [6.45, 7) is 1.74. The zero-order chi connectivity index (χ0) is 17.0. The molecule has 0 radical (unpaired) electrons. The number of carbonyl (C=O) groups is 2. The van der Waals surface area contributed by atoms with Crippen LogP contribution in [0.5, 0.6) is 0 Å². The molecule has 1 aliphatic heterocycles. The molecule has 1 saturated heterocycles. The molecule has 1 fully saturated rings. The van der Waals surface area contributed by atoms with Gasteiger partial charge in [-0.25, -0.2) is 0 Å². The molecule has 1 atom stereocenters. The Morgan fingerprint density at radius 3 is 2.42 bits per heavy atom. The molecule has 24 heavy (non-hydrogen) atoms. The third-order valence-electron chi connectivity index (χ3n) is 3.20. The Bertz CT molecular complexity index is 503. The lowest BCUT2D eigenvalue weighted by atomic mass is 10.2. The Balaban J connectivity index is 1.75. The molecule has 132 valence electrons. The van der Waals surface area contributed by atoms with Crippen LogP contribution in [-0.2, 0) is 39.9 Å². The number of esters is 2. The largest absolute Gasteiger partial charge is 0.463 e. The van der Waals surface area contributed by atoms with Gasteiger partial charge in [0.15, 0.2) is 0 Å². The summed E-state index contributed by atoms with van der Waals surface area (Å²) < 4.78 is 26.5. The predicted octanol–water partition coefficient (Wildman–Crippen LogP) is 1.10. The van der Waals surface area contributed by atoms with E-state index in [2.05, 4.69) is 0 Å². The molecule has 0 bridgehead atoms. The van der Waals surface area contributed by atoms with E-state index in [0.29, 0.717) is 19.8 Å². The summed E-state index contributed by atoms with van der Waals surface area (Å²) >= 11 is 0. The zero-order valence-electron chi connectivity index (χ0n) is 13.5. The van der Waals surface area contributed by atoms with Crippen molar-refractivity contribution in [2.45, 2.75) is 19.1 Å². The van der Waals surface area contributed by atoms with Crippen molar-refractivity contribution in [3.8, 4) is 0 Å². The first-order valence-electron chi connectivity index (χ1n) is 7.86.